The van der Waals surface area contributed by atoms with Gasteiger partial charge in [0.05, 0.1) is 28.4 Å². The molecule has 0 spiro atoms. The van der Waals surface area contributed by atoms with Gasteiger partial charge in [-0.1, -0.05) is 23.7 Å². The number of benzene rings is 2. The number of para-hydroxylation sites is 2. The zero-order valence-corrected chi connectivity index (χ0v) is 17.4. The zero-order chi connectivity index (χ0) is 21.6. The Morgan fingerprint density at radius 3 is 2.39 bits per heavy atom. The molecule has 0 saturated heterocycles. The molecule has 0 saturated carbocycles. The number of nitrogen functional groups attached to an aromatic ring is 1. The third-order valence-electron chi connectivity index (χ3n) is 4.66. The molecule has 2 aromatic carbocycles. The van der Waals surface area contributed by atoms with Crippen LogP contribution in [-0.2, 0) is 9.84 Å². The van der Waals surface area contributed by atoms with Crippen molar-refractivity contribution >= 4 is 55.7 Å². The summed E-state index contributed by atoms with van der Waals surface area (Å²) in [6.07, 6.45) is 2.92. The molecule has 2 N–H and O–H groups in total. The molecule has 3 aromatic heterocycles. The number of furan rings is 1. The molecule has 0 aliphatic heterocycles. The van der Waals surface area contributed by atoms with Crippen LogP contribution in [0.3, 0.4) is 0 Å². The van der Waals surface area contributed by atoms with Crippen LogP contribution < -0.4 is 5.73 Å². The average Bonchev–Trinajstić information content (AvgIpc) is 3.36. The zero-order valence-electron chi connectivity index (χ0n) is 15.8. The maximum absolute atomic E-state index is 13.5. The number of nitrogens with two attached hydrogens (primary N) is 1. The molecule has 0 aliphatic rings. The van der Waals surface area contributed by atoms with Crippen molar-refractivity contribution in [2.24, 2.45) is 5.10 Å². The van der Waals surface area contributed by atoms with Gasteiger partial charge in [-0.05, 0) is 48.5 Å². The Bertz CT molecular complexity index is 1560. The standard InChI is InChI=1S/C21H14ClN5O3S/c22-13-7-9-15(10-8-13)31(28,29)19-18-21(26-17-6-2-1-5-16(17)25-18)27(20(19)23)24-12-14-4-3-11-30-14/h1-12H,23H2/b24-12-. The molecule has 0 atom stereocenters. The molecule has 154 valence electrons. The third-order valence-corrected chi connectivity index (χ3v) is 6.75. The Morgan fingerprint density at radius 1 is 1.00 bits per heavy atom. The molecule has 0 radical (unpaired) electrons. The van der Waals surface area contributed by atoms with E-state index >= 15 is 0 Å². The predicted molar refractivity (Wildman–Crippen MR) is 118 cm³/mol. The molecular formula is C21H14ClN5O3S. The number of fused-ring (bicyclic) bond motifs is 2. The molecule has 0 amide bonds. The fraction of sp³-hybridized carbons (Fsp3) is 0. The Hall–Kier alpha value is -3.69. The molecule has 0 aliphatic carbocycles. The fourth-order valence-electron chi connectivity index (χ4n) is 3.22. The quantitative estimate of drug-likeness (QED) is 0.410. The van der Waals surface area contributed by atoms with Crippen molar-refractivity contribution in [3.8, 4) is 0 Å². The Morgan fingerprint density at radius 2 is 1.71 bits per heavy atom. The minimum absolute atomic E-state index is 0.0348. The van der Waals surface area contributed by atoms with Crippen molar-refractivity contribution in [3.63, 3.8) is 0 Å². The first-order chi connectivity index (χ1) is 14.9. The normalized spacial score (nSPS) is 12.3. The maximum atomic E-state index is 13.5. The van der Waals surface area contributed by atoms with E-state index in [-0.39, 0.29) is 26.8 Å². The van der Waals surface area contributed by atoms with E-state index in [1.165, 1.54) is 41.4 Å². The molecule has 0 unspecified atom stereocenters. The van der Waals surface area contributed by atoms with Crippen LogP contribution in [0.2, 0.25) is 5.02 Å². The molecule has 0 bridgehead atoms. The summed E-state index contributed by atoms with van der Waals surface area (Å²) in [5.74, 6) is 0.361. The second-order valence-corrected chi connectivity index (χ2v) is 8.95. The summed E-state index contributed by atoms with van der Waals surface area (Å²) in [6.45, 7) is 0. The highest BCUT2D eigenvalue weighted by Gasteiger charge is 2.30. The van der Waals surface area contributed by atoms with E-state index < -0.39 is 9.84 Å². The number of halogens is 1. The Labute approximate surface area is 181 Å². The number of sulfone groups is 1. The van der Waals surface area contributed by atoms with Gasteiger partial charge >= 0.3 is 0 Å². The van der Waals surface area contributed by atoms with Crippen molar-refractivity contribution < 1.29 is 12.8 Å². The fourth-order valence-corrected chi connectivity index (χ4v) is 4.82. The highest BCUT2D eigenvalue weighted by molar-refractivity contribution is 7.92. The van der Waals surface area contributed by atoms with E-state index in [0.717, 1.165) is 0 Å². The van der Waals surface area contributed by atoms with Crippen LogP contribution in [0.5, 0.6) is 0 Å². The maximum Gasteiger partial charge on any atom is 0.212 e. The monoisotopic (exact) mass is 451 g/mol. The van der Waals surface area contributed by atoms with E-state index in [0.29, 0.717) is 21.8 Å². The van der Waals surface area contributed by atoms with Crippen LogP contribution in [-0.4, -0.2) is 29.3 Å². The van der Waals surface area contributed by atoms with Crippen LogP contribution in [0.25, 0.3) is 22.2 Å². The van der Waals surface area contributed by atoms with Gasteiger partial charge in [-0.15, -0.1) is 0 Å². The van der Waals surface area contributed by atoms with Crippen LogP contribution >= 0.6 is 11.6 Å². The van der Waals surface area contributed by atoms with Gasteiger partial charge in [-0.3, -0.25) is 0 Å². The van der Waals surface area contributed by atoms with Crippen LogP contribution in [0.4, 0.5) is 5.82 Å². The van der Waals surface area contributed by atoms with Crippen molar-refractivity contribution in [3.05, 3.63) is 77.7 Å². The summed E-state index contributed by atoms with van der Waals surface area (Å²) in [7, 11) is -4.04. The lowest BCUT2D eigenvalue weighted by molar-refractivity contribution is 0.559. The number of aromatic nitrogens is 3. The third kappa shape index (κ3) is 3.24. The summed E-state index contributed by atoms with van der Waals surface area (Å²) in [5.41, 5.74) is 7.76. The van der Waals surface area contributed by atoms with Gasteiger partial charge in [0, 0.05) is 5.02 Å². The van der Waals surface area contributed by atoms with E-state index in [2.05, 4.69) is 15.1 Å². The van der Waals surface area contributed by atoms with Crippen molar-refractivity contribution in [2.75, 3.05) is 5.73 Å². The molecule has 8 nitrogen and oxygen atoms in total. The molecule has 5 aromatic rings. The molecular weight excluding hydrogens is 438 g/mol. The highest BCUT2D eigenvalue weighted by Crippen LogP contribution is 2.35. The summed E-state index contributed by atoms with van der Waals surface area (Å²) in [4.78, 5) is 8.99. The summed E-state index contributed by atoms with van der Waals surface area (Å²) < 4.78 is 33.5. The van der Waals surface area contributed by atoms with E-state index in [4.69, 9.17) is 21.8 Å². The second kappa shape index (κ2) is 7.22. The van der Waals surface area contributed by atoms with Crippen LogP contribution in [0.1, 0.15) is 5.76 Å². The van der Waals surface area contributed by atoms with Crippen molar-refractivity contribution in [1.82, 2.24) is 14.6 Å². The first-order valence-electron chi connectivity index (χ1n) is 9.10. The van der Waals surface area contributed by atoms with E-state index in [1.54, 1.807) is 30.3 Å². The van der Waals surface area contributed by atoms with Gasteiger partial charge in [-0.2, -0.15) is 9.78 Å². The smallest absolute Gasteiger partial charge is 0.212 e. The lowest BCUT2D eigenvalue weighted by Gasteiger charge is -2.05. The summed E-state index contributed by atoms with van der Waals surface area (Å²) in [6, 6.07) is 16.4. The lowest BCUT2D eigenvalue weighted by Crippen LogP contribution is -2.06. The van der Waals surface area contributed by atoms with Crippen LogP contribution in [0, 0.1) is 0 Å². The average molecular weight is 452 g/mol. The minimum atomic E-state index is -4.04. The number of hydrogen-bond donors (Lipinski definition) is 1. The Balaban J connectivity index is 1.82. The van der Waals surface area contributed by atoms with Gasteiger partial charge in [0.1, 0.15) is 22.0 Å². The number of nitrogens with zero attached hydrogens (tertiary/aromatic N) is 4. The summed E-state index contributed by atoms with van der Waals surface area (Å²) >= 11 is 5.92. The first-order valence-corrected chi connectivity index (χ1v) is 11.0. The van der Waals surface area contributed by atoms with E-state index in [9.17, 15) is 8.42 Å². The number of anilines is 1. The molecule has 0 fully saturated rings. The number of rotatable bonds is 4. The summed E-state index contributed by atoms with van der Waals surface area (Å²) in [5, 5.41) is 4.73. The van der Waals surface area contributed by atoms with Crippen LogP contribution in [0.15, 0.2) is 86.2 Å². The highest BCUT2D eigenvalue weighted by atomic mass is 35.5. The van der Waals surface area contributed by atoms with Gasteiger partial charge in [0.2, 0.25) is 9.84 Å². The van der Waals surface area contributed by atoms with Gasteiger partial charge in [-0.25, -0.2) is 18.4 Å². The minimum Gasteiger partial charge on any atom is -0.463 e. The molecule has 31 heavy (non-hydrogen) atoms. The SMILES string of the molecule is Nc1c(S(=O)(=O)c2ccc(Cl)cc2)c2nc3ccccc3nc2n1/N=C\c1ccco1. The predicted octanol–water partition coefficient (Wildman–Crippen LogP) is 4.13. The van der Waals surface area contributed by atoms with E-state index in [1.807, 2.05) is 6.07 Å². The van der Waals surface area contributed by atoms with Gasteiger partial charge in [0.15, 0.2) is 5.65 Å². The number of hydrogen-bond acceptors (Lipinski definition) is 7. The lowest BCUT2D eigenvalue weighted by atomic mass is 10.3. The Kier molecular flexibility index (Phi) is 4.49. The molecule has 3 heterocycles. The molecule has 10 heteroatoms. The topological polar surface area (TPSA) is 116 Å². The van der Waals surface area contributed by atoms with Crippen molar-refractivity contribution in [1.29, 1.82) is 0 Å². The van der Waals surface area contributed by atoms with Gasteiger partial charge < -0.3 is 10.2 Å². The van der Waals surface area contributed by atoms with Crippen molar-refractivity contribution in [2.45, 2.75) is 9.79 Å². The molecule has 5 rings (SSSR count). The first kappa shape index (κ1) is 19.3. The largest absolute Gasteiger partial charge is 0.463 e. The second-order valence-electron chi connectivity index (χ2n) is 6.63. The van der Waals surface area contributed by atoms with Gasteiger partial charge in [0.25, 0.3) is 0 Å².